The van der Waals surface area contributed by atoms with Crippen molar-refractivity contribution in [2.24, 2.45) is 0 Å². The first-order valence-corrected chi connectivity index (χ1v) is 3.42. The Morgan fingerprint density at radius 1 is 1.75 bits per heavy atom. The van der Waals surface area contributed by atoms with Crippen LogP contribution >= 0.6 is 0 Å². The molecule has 0 bridgehead atoms. The summed E-state index contributed by atoms with van der Waals surface area (Å²) >= 11 is 0. The summed E-state index contributed by atoms with van der Waals surface area (Å²) in [5, 5.41) is 2.60. The average molecular weight is 160 g/mol. The molecule has 0 atom stereocenters. The molecule has 3 nitrogen and oxygen atoms in total. The van der Waals surface area contributed by atoms with Crippen molar-refractivity contribution in [1.29, 1.82) is 0 Å². The maximum absolute atomic E-state index is 10.7. The van der Waals surface area contributed by atoms with Gasteiger partial charge in [0.1, 0.15) is 0 Å². The van der Waals surface area contributed by atoms with Crippen molar-refractivity contribution in [3.63, 3.8) is 0 Å². The summed E-state index contributed by atoms with van der Waals surface area (Å²) in [6, 6.07) is 1.66. The van der Waals surface area contributed by atoms with Crippen LogP contribution in [0.1, 0.15) is 12.5 Å². The fourth-order valence-electron chi connectivity index (χ4n) is 0.808. The first-order chi connectivity index (χ1) is 5.74. The number of amides is 1. The van der Waals surface area contributed by atoms with Gasteiger partial charge in [-0.2, -0.15) is 0 Å². The molecular weight excluding hydrogens is 152 g/mol. The minimum absolute atomic E-state index is 0.141. The first-order valence-electron chi connectivity index (χ1n) is 3.42. The molecule has 1 aromatic rings. The molecule has 60 valence electrons. The summed E-state index contributed by atoms with van der Waals surface area (Å²) in [5.74, 6) is 2.28. The molecule has 0 unspecified atom stereocenters. The van der Waals surface area contributed by atoms with E-state index in [0.717, 1.165) is 0 Å². The maximum atomic E-state index is 10.7. The van der Waals surface area contributed by atoms with Gasteiger partial charge in [-0.3, -0.25) is 9.78 Å². The largest absolute Gasteiger partial charge is 0.325 e. The highest BCUT2D eigenvalue weighted by molar-refractivity contribution is 5.90. The Morgan fingerprint density at radius 3 is 3.08 bits per heavy atom. The van der Waals surface area contributed by atoms with Crippen molar-refractivity contribution in [1.82, 2.24) is 4.98 Å². The molecule has 1 aromatic heterocycles. The average Bonchev–Trinajstić information content (AvgIpc) is 2.04. The van der Waals surface area contributed by atoms with Gasteiger partial charge in [0, 0.05) is 19.3 Å². The van der Waals surface area contributed by atoms with Gasteiger partial charge in [-0.1, -0.05) is 5.92 Å². The van der Waals surface area contributed by atoms with Gasteiger partial charge in [0.2, 0.25) is 5.91 Å². The Bertz CT molecular complexity index is 339. The van der Waals surface area contributed by atoms with Crippen molar-refractivity contribution in [3.8, 4) is 12.3 Å². The van der Waals surface area contributed by atoms with E-state index in [1.807, 2.05) is 0 Å². The third-order valence-corrected chi connectivity index (χ3v) is 1.29. The number of hydrogen-bond donors (Lipinski definition) is 1. The zero-order valence-electron chi connectivity index (χ0n) is 6.66. The van der Waals surface area contributed by atoms with Crippen LogP contribution in [0, 0.1) is 12.3 Å². The van der Waals surface area contributed by atoms with E-state index in [-0.39, 0.29) is 5.91 Å². The number of nitrogens with one attached hydrogen (secondary N) is 1. The molecule has 0 aliphatic carbocycles. The molecule has 1 rings (SSSR count). The molecule has 0 fully saturated rings. The van der Waals surface area contributed by atoms with Gasteiger partial charge in [0.05, 0.1) is 11.3 Å². The van der Waals surface area contributed by atoms with E-state index < -0.39 is 0 Å². The van der Waals surface area contributed by atoms with Crippen molar-refractivity contribution in [2.45, 2.75) is 6.92 Å². The predicted molar refractivity (Wildman–Crippen MR) is 46.5 cm³/mol. The second-order valence-corrected chi connectivity index (χ2v) is 2.25. The lowest BCUT2D eigenvalue weighted by atomic mass is 10.2. The highest BCUT2D eigenvalue weighted by Crippen LogP contribution is 2.10. The van der Waals surface area contributed by atoms with E-state index in [9.17, 15) is 4.79 Å². The van der Waals surface area contributed by atoms with Crippen LogP contribution in [0.3, 0.4) is 0 Å². The third-order valence-electron chi connectivity index (χ3n) is 1.29. The zero-order valence-corrected chi connectivity index (χ0v) is 6.66. The molecule has 3 heteroatoms. The Hall–Kier alpha value is -1.82. The zero-order chi connectivity index (χ0) is 8.97. The number of rotatable bonds is 1. The van der Waals surface area contributed by atoms with E-state index in [4.69, 9.17) is 6.42 Å². The lowest BCUT2D eigenvalue weighted by Crippen LogP contribution is -2.07. The Morgan fingerprint density at radius 2 is 2.50 bits per heavy atom. The number of anilines is 1. The van der Waals surface area contributed by atoms with Crippen LogP contribution in [-0.4, -0.2) is 10.9 Å². The van der Waals surface area contributed by atoms with Crippen molar-refractivity contribution in [2.75, 3.05) is 5.32 Å². The number of carbonyl (C=O) groups is 1. The molecule has 1 N–H and O–H groups in total. The molecule has 0 spiro atoms. The number of nitrogens with zero attached hydrogens (tertiary/aromatic N) is 1. The second kappa shape index (κ2) is 3.54. The van der Waals surface area contributed by atoms with Gasteiger partial charge in [0.15, 0.2) is 0 Å². The molecular formula is C9H8N2O. The summed E-state index contributed by atoms with van der Waals surface area (Å²) in [6.07, 6.45) is 8.29. The summed E-state index contributed by atoms with van der Waals surface area (Å²) in [5.41, 5.74) is 1.22. The van der Waals surface area contributed by atoms with E-state index in [0.29, 0.717) is 11.3 Å². The molecule has 0 saturated heterocycles. The van der Waals surface area contributed by atoms with E-state index in [2.05, 4.69) is 16.2 Å². The summed E-state index contributed by atoms with van der Waals surface area (Å²) < 4.78 is 0. The van der Waals surface area contributed by atoms with Gasteiger partial charge in [-0.25, -0.2) is 0 Å². The van der Waals surface area contributed by atoms with Crippen LogP contribution in [0.2, 0.25) is 0 Å². The van der Waals surface area contributed by atoms with Gasteiger partial charge in [-0.05, 0) is 6.07 Å². The van der Waals surface area contributed by atoms with Crippen LogP contribution in [0.4, 0.5) is 5.69 Å². The van der Waals surface area contributed by atoms with Crippen LogP contribution < -0.4 is 5.32 Å². The minimum Gasteiger partial charge on any atom is -0.325 e. The van der Waals surface area contributed by atoms with Crippen LogP contribution in [0.25, 0.3) is 0 Å². The number of pyridine rings is 1. The molecule has 0 aliphatic rings. The molecule has 0 aromatic carbocycles. The summed E-state index contributed by atoms with van der Waals surface area (Å²) in [7, 11) is 0. The van der Waals surface area contributed by atoms with Crippen LogP contribution in [0.15, 0.2) is 18.5 Å². The SMILES string of the molecule is C#Cc1cnccc1NC(C)=O. The van der Waals surface area contributed by atoms with Crippen LogP contribution in [0.5, 0.6) is 0 Å². The quantitative estimate of drug-likeness (QED) is 0.623. The summed E-state index contributed by atoms with van der Waals surface area (Å²) in [4.78, 5) is 14.5. The maximum Gasteiger partial charge on any atom is 0.221 e. The highest BCUT2D eigenvalue weighted by Gasteiger charge is 1.99. The number of hydrogen-bond acceptors (Lipinski definition) is 2. The number of carbonyl (C=O) groups excluding carboxylic acids is 1. The van der Waals surface area contributed by atoms with Gasteiger partial charge in [-0.15, -0.1) is 6.42 Å². The van der Waals surface area contributed by atoms with Crippen LogP contribution in [-0.2, 0) is 4.79 Å². The van der Waals surface area contributed by atoms with E-state index >= 15 is 0 Å². The molecule has 1 amide bonds. The normalized spacial score (nSPS) is 8.67. The Kier molecular flexibility index (Phi) is 2.44. The Balaban J connectivity index is 2.99. The van der Waals surface area contributed by atoms with E-state index in [1.165, 1.54) is 13.1 Å². The minimum atomic E-state index is -0.141. The highest BCUT2D eigenvalue weighted by atomic mass is 16.1. The smallest absolute Gasteiger partial charge is 0.221 e. The van der Waals surface area contributed by atoms with Gasteiger partial charge >= 0.3 is 0 Å². The monoisotopic (exact) mass is 160 g/mol. The fourth-order valence-corrected chi connectivity index (χ4v) is 0.808. The van der Waals surface area contributed by atoms with Crippen molar-refractivity contribution >= 4 is 11.6 Å². The van der Waals surface area contributed by atoms with Crippen molar-refractivity contribution in [3.05, 3.63) is 24.0 Å². The predicted octanol–water partition coefficient (Wildman–Crippen LogP) is 1.02. The summed E-state index contributed by atoms with van der Waals surface area (Å²) in [6.45, 7) is 1.43. The molecule has 12 heavy (non-hydrogen) atoms. The number of aromatic nitrogens is 1. The molecule has 0 saturated carbocycles. The topological polar surface area (TPSA) is 42.0 Å². The van der Waals surface area contributed by atoms with E-state index in [1.54, 1.807) is 12.3 Å². The van der Waals surface area contributed by atoms with Crippen molar-refractivity contribution < 1.29 is 4.79 Å². The first kappa shape index (κ1) is 8.28. The molecule has 0 radical (unpaired) electrons. The standard InChI is InChI=1S/C9H8N2O/c1-3-8-6-10-5-4-9(8)11-7(2)12/h1,4-6H,2H3,(H,10,11,12). The lowest BCUT2D eigenvalue weighted by molar-refractivity contribution is -0.114. The lowest BCUT2D eigenvalue weighted by Gasteiger charge is -2.02. The van der Waals surface area contributed by atoms with Gasteiger partial charge in [0.25, 0.3) is 0 Å². The Labute approximate surface area is 70.8 Å². The third kappa shape index (κ3) is 1.83. The molecule has 1 heterocycles. The fraction of sp³-hybridized carbons (Fsp3) is 0.111. The number of terminal acetylenes is 1. The van der Waals surface area contributed by atoms with Gasteiger partial charge < -0.3 is 5.32 Å². The second-order valence-electron chi connectivity index (χ2n) is 2.25. The molecule has 0 aliphatic heterocycles.